The van der Waals surface area contributed by atoms with Gasteiger partial charge in [-0.05, 0) is 54.3 Å². The molecule has 0 aromatic heterocycles. The van der Waals surface area contributed by atoms with Gasteiger partial charge in [0, 0.05) is 37.8 Å². The van der Waals surface area contributed by atoms with Crippen molar-refractivity contribution in [3.63, 3.8) is 0 Å². The van der Waals surface area contributed by atoms with Crippen LogP contribution in [-0.4, -0.2) is 49.0 Å². The lowest BCUT2D eigenvalue weighted by Gasteiger charge is -2.38. The van der Waals surface area contributed by atoms with Crippen molar-refractivity contribution in [2.75, 3.05) is 33.3 Å². The van der Waals surface area contributed by atoms with Gasteiger partial charge in [-0.1, -0.05) is 12.1 Å². The second-order valence-corrected chi connectivity index (χ2v) is 6.92. The molecule has 4 nitrogen and oxygen atoms in total. The number of benzene rings is 2. The van der Waals surface area contributed by atoms with Crippen LogP contribution in [0.25, 0.3) is 0 Å². The highest BCUT2D eigenvalue weighted by atomic mass is 19.1. The number of nitrogens with zero attached hydrogens (tertiary/aromatic N) is 2. The Morgan fingerprint density at radius 2 is 1.81 bits per heavy atom. The molecule has 1 unspecified atom stereocenters. The fourth-order valence-electron chi connectivity index (χ4n) is 4.12. The first-order valence-corrected chi connectivity index (χ1v) is 9.12. The highest BCUT2D eigenvalue weighted by Gasteiger charge is 2.32. The topological polar surface area (TPSA) is 32.8 Å². The van der Waals surface area contributed by atoms with E-state index >= 15 is 0 Å². The number of hydrogen-bond acceptors (Lipinski definition) is 3. The molecule has 1 amide bonds. The van der Waals surface area contributed by atoms with Crippen molar-refractivity contribution < 1.29 is 13.9 Å². The molecular weight excluding hydrogens is 331 g/mol. The Kier molecular flexibility index (Phi) is 4.64. The van der Waals surface area contributed by atoms with E-state index in [0.717, 1.165) is 42.8 Å². The minimum atomic E-state index is -0.0849. The van der Waals surface area contributed by atoms with E-state index in [9.17, 15) is 9.18 Å². The summed E-state index contributed by atoms with van der Waals surface area (Å²) in [4.78, 5) is 17.0. The number of fused-ring (bicyclic) bond motifs is 1. The summed E-state index contributed by atoms with van der Waals surface area (Å²) < 4.78 is 19.1. The minimum absolute atomic E-state index is 0.0603. The van der Waals surface area contributed by atoms with Crippen LogP contribution in [0.1, 0.15) is 33.9 Å². The van der Waals surface area contributed by atoms with Crippen LogP contribution in [0.15, 0.2) is 42.5 Å². The highest BCUT2D eigenvalue weighted by Crippen LogP contribution is 2.37. The Morgan fingerprint density at radius 3 is 2.50 bits per heavy atom. The Balaban J connectivity index is 1.40. The average Bonchev–Trinajstić information content (AvgIpc) is 3.13. The predicted molar refractivity (Wildman–Crippen MR) is 97.9 cm³/mol. The lowest BCUT2D eigenvalue weighted by atomic mass is 10.1. The number of piperazine rings is 1. The van der Waals surface area contributed by atoms with Crippen LogP contribution >= 0.6 is 0 Å². The van der Waals surface area contributed by atoms with Crippen LogP contribution < -0.4 is 4.74 Å². The first-order valence-electron chi connectivity index (χ1n) is 9.12. The van der Waals surface area contributed by atoms with E-state index in [4.69, 9.17) is 4.74 Å². The third-order valence-corrected chi connectivity index (χ3v) is 5.56. The average molecular weight is 354 g/mol. The second kappa shape index (κ2) is 7.08. The van der Waals surface area contributed by atoms with Crippen LogP contribution in [-0.2, 0) is 6.42 Å². The van der Waals surface area contributed by atoms with Gasteiger partial charge in [-0.15, -0.1) is 0 Å². The third kappa shape index (κ3) is 3.07. The monoisotopic (exact) mass is 354 g/mol. The number of ether oxygens (including phenoxy) is 1. The summed E-state index contributed by atoms with van der Waals surface area (Å²) in [6.07, 6.45) is 1.76. The number of hydrogen-bond donors (Lipinski definition) is 0. The van der Waals surface area contributed by atoms with Gasteiger partial charge in [0.15, 0.2) is 0 Å². The van der Waals surface area contributed by atoms with Gasteiger partial charge >= 0.3 is 0 Å². The zero-order valence-corrected chi connectivity index (χ0v) is 15.0. The highest BCUT2D eigenvalue weighted by molar-refractivity contribution is 5.94. The first-order chi connectivity index (χ1) is 12.7. The molecule has 136 valence electrons. The van der Waals surface area contributed by atoms with Crippen molar-refractivity contribution in [3.05, 3.63) is 65.0 Å². The van der Waals surface area contributed by atoms with Crippen molar-refractivity contribution in [1.82, 2.24) is 9.80 Å². The molecule has 1 aliphatic heterocycles. The second-order valence-electron chi connectivity index (χ2n) is 6.92. The maximum atomic E-state index is 14.0. The Labute approximate surface area is 153 Å². The minimum Gasteiger partial charge on any atom is -0.497 e. The molecule has 2 aromatic rings. The molecule has 2 aromatic carbocycles. The molecule has 1 saturated heterocycles. The smallest absolute Gasteiger partial charge is 0.253 e. The lowest BCUT2D eigenvalue weighted by molar-refractivity contribution is 0.0568. The zero-order valence-electron chi connectivity index (χ0n) is 15.0. The fourth-order valence-corrected chi connectivity index (χ4v) is 4.12. The Morgan fingerprint density at radius 1 is 1.08 bits per heavy atom. The van der Waals surface area contributed by atoms with Gasteiger partial charge in [0.05, 0.1) is 7.11 Å². The van der Waals surface area contributed by atoms with Gasteiger partial charge in [-0.3, -0.25) is 9.69 Å². The molecule has 1 atom stereocenters. The molecule has 0 spiro atoms. The normalized spacial score (nSPS) is 20.1. The molecule has 0 N–H and O–H groups in total. The van der Waals surface area contributed by atoms with Crippen molar-refractivity contribution in [1.29, 1.82) is 0 Å². The van der Waals surface area contributed by atoms with Crippen LogP contribution in [0.5, 0.6) is 5.75 Å². The molecule has 0 radical (unpaired) electrons. The fraction of sp³-hybridized carbons (Fsp3) is 0.381. The SMILES string of the molecule is COc1ccc(C(=O)N2CCN(C3CCc4c(F)cccc43)CC2)cc1. The number of carbonyl (C=O) groups is 1. The molecule has 2 aliphatic rings. The molecule has 1 heterocycles. The van der Waals surface area contributed by atoms with E-state index in [-0.39, 0.29) is 17.8 Å². The number of halogens is 1. The summed E-state index contributed by atoms with van der Waals surface area (Å²) in [6.45, 7) is 3.04. The summed E-state index contributed by atoms with van der Waals surface area (Å²) >= 11 is 0. The van der Waals surface area contributed by atoms with Crippen molar-refractivity contribution in [2.24, 2.45) is 0 Å². The summed E-state index contributed by atoms with van der Waals surface area (Å²) in [5, 5.41) is 0. The summed E-state index contributed by atoms with van der Waals surface area (Å²) in [5.74, 6) is 0.724. The van der Waals surface area contributed by atoms with E-state index in [2.05, 4.69) is 4.90 Å². The van der Waals surface area contributed by atoms with Gasteiger partial charge in [-0.2, -0.15) is 0 Å². The van der Waals surface area contributed by atoms with E-state index in [1.165, 1.54) is 0 Å². The maximum Gasteiger partial charge on any atom is 0.253 e. The van der Waals surface area contributed by atoms with Crippen LogP contribution in [0, 0.1) is 5.82 Å². The van der Waals surface area contributed by atoms with Gasteiger partial charge in [0.25, 0.3) is 5.91 Å². The van der Waals surface area contributed by atoms with Crippen molar-refractivity contribution >= 4 is 5.91 Å². The standard InChI is InChI=1S/C21H23FN2O2/c1-26-16-7-5-15(6-8-16)21(25)24-13-11-23(12-14-24)20-10-9-17-18(20)3-2-4-19(17)22/h2-8,20H,9-14H2,1H3. The summed E-state index contributed by atoms with van der Waals surface area (Å²) in [7, 11) is 1.61. The number of carbonyl (C=O) groups excluding carboxylic acids is 1. The van der Waals surface area contributed by atoms with Crippen LogP contribution in [0.4, 0.5) is 4.39 Å². The van der Waals surface area contributed by atoms with E-state index in [1.54, 1.807) is 19.2 Å². The molecule has 0 bridgehead atoms. The van der Waals surface area contributed by atoms with Gasteiger partial charge < -0.3 is 9.64 Å². The largest absolute Gasteiger partial charge is 0.497 e. The Bertz CT molecular complexity index is 798. The van der Waals surface area contributed by atoms with Crippen molar-refractivity contribution in [3.8, 4) is 5.75 Å². The van der Waals surface area contributed by atoms with Crippen molar-refractivity contribution in [2.45, 2.75) is 18.9 Å². The van der Waals surface area contributed by atoms with E-state index in [1.807, 2.05) is 35.2 Å². The number of rotatable bonds is 3. The maximum absolute atomic E-state index is 14.0. The lowest BCUT2D eigenvalue weighted by Crippen LogP contribution is -2.49. The van der Waals surface area contributed by atoms with E-state index < -0.39 is 0 Å². The van der Waals surface area contributed by atoms with E-state index in [0.29, 0.717) is 18.7 Å². The van der Waals surface area contributed by atoms with Gasteiger partial charge in [-0.25, -0.2) is 4.39 Å². The summed E-state index contributed by atoms with van der Waals surface area (Å²) in [6, 6.07) is 12.9. The zero-order chi connectivity index (χ0) is 18.1. The van der Waals surface area contributed by atoms with Gasteiger partial charge in [0.2, 0.25) is 0 Å². The molecule has 1 aliphatic carbocycles. The first kappa shape index (κ1) is 17.0. The molecule has 0 saturated carbocycles. The molecule has 26 heavy (non-hydrogen) atoms. The Hall–Kier alpha value is -2.40. The molecular formula is C21H23FN2O2. The van der Waals surface area contributed by atoms with Crippen LogP contribution in [0.2, 0.25) is 0 Å². The third-order valence-electron chi connectivity index (χ3n) is 5.56. The quantitative estimate of drug-likeness (QED) is 0.848. The predicted octanol–water partition coefficient (Wildman–Crippen LogP) is 3.28. The number of methoxy groups -OCH3 is 1. The van der Waals surface area contributed by atoms with Crippen LogP contribution in [0.3, 0.4) is 0 Å². The summed E-state index contributed by atoms with van der Waals surface area (Å²) in [5.41, 5.74) is 2.68. The molecule has 4 rings (SSSR count). The number of amides is 1. The molecule has 5 heteroatoms. The van der Waals surface area contributed by atoms with Gasteiger partial charge in [0.1, 0.15) is 11.6 Å². The molecule has 1 fully saturated rings.